The highest BCUT2D eigenvalue weighted by Crippen LogP contribution is 2.31. The summed E-state index contributed by atoms with van der Waals surface area (Å²) in [5.74, 6) is -1.74. The fraction of sp³-hybridized carbons (Fsp3) is 0.273. The van der Waals surface area contributed by atoms with Crippen molar-refractivity contribution in [3.63, 3.8) is 0 Å². The largest absolute Gasteiger partial charge is 0.420 e. The summed E-state index contributed by atoms with van der Waals surface area (Å²) in [5.41, 5.74) is 6.44. The Morgan fingerprint density at radius 3 is 2.47 bits per heavy atom. The lowest BCUT2D eigenvalue weighted by Crippen LogP contribution is -2.40. The van der Waals surface area contributed by atoms with Gasteiger partial charge in [0.2, 0.25) is 11.8 Å². The summed E-state index contributed by atoms with van der Waals surface area (Å²) in [5, 5.41) is 3.02. The highest BCUT2D eigenvalue weighted by atomic mass is 19.1. The van der Waals surface area contributed by atoms with E-state index in [9.17, 15) is 13.6 Å². The molecule has 4 rings (SSSR count). The molecule has 1 aromatic heterocycles. The van der Waals surface area contributed by atoms with Crippen LogP contribution in [0, 0.1) is 11.6 Å². The number of oxazole rings is 1. The van der Waals surface area contributed by atoms with Crippen LogP contribution in [0.5, 0.6) is 0 Å². The minimum Gasteiger partial charge on any atom is -0.420 e. The Bertz CT molecular complexity index is 1060. The Labute approximate surface area is 182 Å². The van der Waals surface area contributed by atoms with E-state index in [1.54, 1.807) is 29.2 Å². The molecule has 0 atom stereocenters. The fourth-order valence-electron chi connectivity index (χ4n) is 3.29. The van der Waals surface area contributed by atoms with Crippen molar-refractivity contribution in [3.8, 4) is 11.5 Å². The maximum atomic E-state index is 14.2. The van der Waals surface area contributed by atoms with E-state index in [4.69, 9.17) is 19.6 Å². The first kappa shape index (κ1) is 21.9. The molecule has 1 aliphatic heterocycles. The van der Waals surface area contributed by atoms with Crippen molar-refractivity contribution >= 4 is 17.5 Å². The third kappa shape index (κ3) is 4.77. The van der Waals surface area contributed by atoms with Gasteiger partial charge in [-0.15, -0.1) is 0 Å². The first-order valence-corrected chi connectivity index (χ1v) is 10.0. The van der Waals surface area contributed by atoms with Crippen molar-refractivity contribution in [2.75, 3.05) is 38.4 Å². The second-order valence-corrected chi connectivity index (χ2v) is 7.01. The van der Waals surface area contributed by atoms with Crippen molar-refractivity contribution < 1.29 is 27.5 Å². The van der Waals surface area contributed by atoms with Crippen LogP contribution < -0.4 is 11.1 Å². The molecule has 2 aromatic carbocycles. The molecule has 2 heterocycles. The zero-order valence-corrected chi connectivity index (χ0v) is 17.1. The monoisotopic (exact) mass is 444 g/mol. The molecule has 168 valence electrons. The zero-order chi connectivity index (χ0) is 22.5. The number of nitrogens with one attached hydrogen (secondary N) is 1. The molecule has 0 spiro atoms. The van der Waals surface area contributed by atoms with Gasteiger partial charge in [0.15, 0.2) is 0 Å². The molecule has 1 amide bonds. The Balaban J connectivity index is 1.56. The molecular weight excluding hydrogens is 422 g/mol. The third-order valence-electron chi connectivity index (χ3n) is 4.92. The van der Waals surface area contributed by atoms with Crippen LogP contribution in [0.15, 0.2) is 46.9 Å². The van der Waals surface area contributed by atoms with Crippen molar-refractivity contribution in [1.29, 1.82) is 0 Å². The van der Waals surface area contributed by atoms with Gasteiger partial charge in [0.1, 0.15) is 22.9 Å². The van der Waals surface area contributed by atoms with Gasteiger partial charge in [0, 0.05) is 24.3 Å². The Morgan fingerprint density at radius 2 is 1.81 bits per heavy atom. The summed E-state index contributed by atoms with van der Waals surface area (Å²) < 4.78 is 44.4. The van der Waals surface area contributed by atoms with Crippen LogP contribution in [0.4, 0.5) is 20.4 Å². The number of nitrogens with two attached hydrogens (primary N) is 1. The number of nitrogens with zero attached hydrogens (tertiary/aromatic N) is 2. The van der Waals surface area contributed by atoms with Crippen LogP contribution in [0.25, 0.3) is 11.5 Å². The van der Waals surface area contributed by atoms with E-state index in [0.29, 0.717) is 43.2 Å². The SMILES string of the molecule is NCOCc1nc(-c2c(F)cccc2F)oc1Nc1ccc(C(=O)N2CCOCC2)cc1. The topological polar surface area (TPSA) is 103 Å². The maximum Gasteiger partial charge on any atom is 0.254 e. The van der Waals surface area contributed by atoms with Crippen LogP contribution in [-0.2, 0) is 16.1 Å². The molecular formula is C22H22F2N4O4. The second kappa shape index (κ2) is 9.86. The molecule has 8 nitrogen and oxygen atoms in total. The van der Waals surface area contributed by atoms with Gasteiger partial charge in [0.25, 0.3) is 5.91 Å². The van der Waals surface area contributed by atoms with Gasteiger partial charge in [-0.2, -0.15) is 0 Å². The zero-order valence-electron chi connectivity index (χ0n) is 17.1. The lowest BCUT2D eigenvalue weighted by molar-refractivity contribution is 0.0303. The van der Waals surface area contributed by atoms with Gasteiger partial charge in [-0.3, -0.25) is 4.79 Å². The molecule has 0 bridgehead atoms. The Kier molecular flexibility index (Phi) is 6.74. The minimum absolute atomic E-state index is 0.0218. The second-order valence-electron chi connectivity index (χ2n) is 7.01. The molecule has 32 heavy (non-hydrogen) atoms. The predicted molar refractivity (Wildman–Crippen MR) is 112 cm³/mol. The molecule has 0 saturated carbocycles. The number of morpholine rings is 1. The first-order valence-electron chi connectivity index (χ1n) is 10.0. The molecule has 3 aromatic rings. The molecule has 10 heteroatoms. The number of ether oxygens (including phenoxy) is 2. The maximum absolute atomic E-state index is 14.2. The van der Waals surface area contributed by atoms with Crippen LogP contribution in [-0.4, -0.2) is 48.8 Å². The lowest BCUT2D eigenvalue weighted by Gasteiger charge is -2.26. The summed E-state index contributed by atoms with van der Waals surface area (Å²) in [7, 11) is 0. The summed E-state index contributed by atoms with van der Waals surface area (Å²) in [4.78, 5) is 18.5. The number of hydrogen-bond acceptors (Lipinski definition) is 7. The molecule has 1 aliphatic rings. The van der Waals surface area contributed by atoms with Crippen molar-refractivity contribution in [1.82, 2.24) is 9.88 Å². The summed E-state index contributed by atoms with van der Waals surface area (Å²) in [6, 6.07) is 10.3. The highest BCUT2D eigenvalue weighted by Gasteiger charge is 2.22. The minimum atomic E-state index is -0.796. The highest BCUT2D eigenvalue weighted by molar-refractivity contribution is 5.94. The van der Waals surface area contributed by atoms with Crippen LogP contribution in [0.2, 0.25) is 0 Å². The van der Waals surface area contributed by atoms with Crippen molar-refractivity contribution in [3.05, 3.63) is 65.4 Å². The number of aromatic nitrogens is 1. The van der Waals surface area contributed by atoms with E-state index < -0.39 is 11.6 Å². The van der Waals surface area contributed by atoms with Crippen molar-refractivity contribution in [2.24, 2.45) is 5.73 Å². The normalized spacial score (nSPS) is 13.9. The van der Waals surface area contributed by atoms with E-state index >= 15 is 0 Å². The van der Waals surface area contributed by atoms with E-state index in [0.717, 1.165) is 12.1 Å². The number of anilines is 2. The molecule has 1 saturated heterocycles. The molecule has 0 unspecified atom stereocenters. The average molecular weight is 444 g/mol. The van der Waals surface area contributed by atoms with Crippen molar-refractivity contribution in [2.45, 2.75) is 6.61 Å². The van der Waals surface area contributed by atoms with Crippen LogP contribution in [0.3, 0.4) is 0 Å². The number of rotatable bonds is 7. The van der Waals surface area contributed by atoms with Gasteiger partial charge < -0.3 is 29.8 Å². The summed E-state index contributed by atoms with van der Waals surface area (Å²) in [6.45, 7) is 2.07. The fourth-order valence-corrected chi connectivity index (χ4v) is 3.29. The predicted octanol–water partition coefficient (Wildman–Crippen LogP) is 3.27. The first-order chi connectivity index (χ1) is 15.6. The Morgan fingerprint density at radius 1 is 1.12 bits per heavy atom. The molecule has 3 N–H and O–H groups in total. The number of carbonyl (C=O) groups is 1. The molecule has 0 aliphatic carbocycles. The number of halogens is 2. The summed E-state index contributed by atoms with van der Waals surface area (Å²) in [6.07, 6.45) is 0. The smallest absolute Gasteiger partial charge is 0.254 e. The third-order valence-corrected chi connectivity index (χ3v) is 4.92. The quantitative estimate of drug-likeness (QED) is 0.539. The van der Waals surface area contributed by atoms with Gasteiger partial charge in [-0.1, -0.05) is 6.07 Å². The van der Waals surface area contributed by atoms with E-state index in [1.807, 2.05) is 0 Å². The number of hydrogen-bond donors (Lipinski definition) is 2. The van der Waals surface area contributed by atoms with Gasteiger partial charge in [-0.25, -0.2) is 13.8 Å². The number of benzene rings is 2. The van der Waals surface area contributed by atoms with Gasteiger partial charge in [-0.05, 0) is 36.4 Å². The Hall–Kier alpha value is -3.34. The summed E-state index contributed by atoms with van der Waals surface area (Å²) >= 11 is 0. The van der Waals surface area contributed by atoms with Crippen LogP contribution >= 0.6 is 0 Å². The standard InChI is InChI=1S/C22H22F2N4O4/c23-16-2-1-3-17(24)19(16)21-27-18(12-31-13-25)20(32-21)26-15-6-4-14(5-7-15)22(29)28-8-10-30-11-9-28/h1-7,26H,8-13,25H2. The number of amides is 1. The van der Waals surface area contributed by atoms with Crippen LogP contribution in [0.1, 0.15) is 16.1 Å². The number of carbonyl (C=O) groups excluding carboxylic acids is 1. The van der Waals surface area contributed by atoms with Gasteiger partial charge >= 0.3 is 0 Å². The van der Waals surface area contributed by atoms with E-state index in [2.05, 4.69) is 10.3 Å². The van der Waals surface area contributed by atoms with Gasteiger partial charge in [0.05, 0.1) is 26.6 Å². The van der Waals surface area contributed by atoms with E-state index in [-0.39, 0.29) is 36.6 Å². The lowest BCUT2D eigenvalue weighted by atomic mass is 10.1. The molecule has 1 fully saturated rings. The average Bonchev–Trinajstić information content (AvgIpc) is 3.20. The molecule has 0 radical (unpaired) electrons. The van der Waals surface area contributed by atoms with E-state index in [1.165, 1.54) is 6.07 Å².